The first-order chi connectivity index (χ1) is 10.0. The third kappa shape index (κ3) is 4.64. The van der Waals surface area contributed by atoms with Gasteiger partial charge in [0.15, 0.2) is 11.5 Å². The van der Waals surface area contributed by atoms with Crippen LogP contribution in [0.4, 0.5) is 0 Å². The summed E-state index contributed by atoms with van der Waals surface area (Å²) in [5.41, 5.74) is -0.0349. The fourth-order valence-corrected chi connectivity index (χ4v) is 1.80. The highest BCUT2D eigenvalue weighted by molar-refractivity contribution is 5.99. The van der Waals surface area contributed by atoms with Crippen LogP contribution in [0.3, 0.4) is 0 Å². The van der Waals surface area contributed by atoms with Gasteiger partial charge in [0, 0.05) is 13.7 Å². The van der Waals surface area contributed by atoms with Gasteiger partial charge in [-0.2, -0.15) is 0 Å². The summed E-state index contributed by atoms with van der Waals surface area (Å²) >= 11 is 0. The van der Waals surface area contributed by atoms with Crippen LogP contribution in [0.25, 0.3) is 0 Å². The van der Waals surface area contributed by atoms with E-state index < -0.39 is 17.9 Å². The number of ether oxygens (including phenoxy) is 2. The van der Waals surface area contributed by atoms with Crippen LogP contribution >= 0.6 is 0 Å². The molecule has 116 valence electrons. The molecule has 0 aromatic heterocycles. The molecule has 0 radical (unpaired) electrons. The number of phenolic OH excluding ortho intramolecular Hbond substituents is 1. The van der Waals surface area contributed by atoms with Crippen LogP contribution in [0.1, 0.15) is 23.2 Å². The van der Waals surface area contributed by atoms with Crippen molar-refractivity contribution in [2.45, 2.75) is 18.9 Å². The van der Waals surface area contributed by atoms with Crippen LogP contribution in [-0.2, 0) is 9.53 Å². The van der Waals surface area contributed by atoms with Crippen molar-refractivity contribution in [3.8, 4) is 11.5 Å². The average Bonchev–Trinajstić information content (AvgIpc) is 2.46. The molecule has 1 amide bonds. The topological polar surface area (TPSA) is 105 Å². The number of carbonyl (C=O) groups is 2. The second-order valence-corrected chi connectivity index (χ2v) is 4.36. The lowest BCUT2D eigenvalue weighted by atomic mass is 10.1. The molecule has 21 heavy (non-hydrogen) atoms. The molecule has 1 rings (SSSR count). The molecule has 1 atom stereocenters. The fraction of sp³-hybridized carbons (Fsp3) is 0.429. The number of phenols is 1. The molecule has 7 heteroatoms. The molecule has 1 aromatic carbocycles. The molecule has 0 heterocycles. The summed E-state index contributed by atoms with van der Waals surface area (Å²) in [5.74, 6) is -1.98. The highest BCUT2D eigenvalue weighted by Crippen LogP contribution is 2.29. The van der Waals surface area contributed by atoms with Crippen molar-refractivity contribution in [1.29, 1.82) is 0 Å². The minimum Gasteiger partial charge on any atom is -0.504 e. The zero-order valence-corrected chi connectivity index (χ0v) is 12.0. The maximum Gasteiger partial charge on any atom is 0.326 e. The highest BCUT2D eigenvalue weighted by Gasteiger charge is 2.22. The number of benzene rings is 1. The van der Waals surface area contributed by atoms with E-state index in [9.17, 15) is 14.7 Å². The minimum atomic E-state index is -1.14. The summed E-state index contributed by atoms with van der Waals surface area (Å²) in [4.78, 5) is 23.2. The third-order valence-electron chi connectivity index (χ3n) is 2.91. The summed E-state index contributed by atoms with van der Waals surface area (Å²) in [6.45, 7) is 0.407. The number of rotatable bonds is 8. The molecule has 0 aliphatic rings. The van der Waals surface area contributed by atoms with Crippen molar-refractivity contribution in [2.75, 3.05) is 20.8 Å². The predicted octanol–water partition coefficient (Wildman–Crippen LogP) is 1.01. The molecule has 7 nitrogen and oxygen atoms in total. The number of carboxylic acids is 1. The Kier molecular flexibility index (Phi) is 6.48. The first-order valence-electron chi connectivity index (χ1n) is 6.39. The van der Waals surface area contributed by atoms with E-state index in [-0.39, 0.29) is 23.5 Å². The standard InChI is InChI=1S/C14H19NO6/c1-20-8-4-6-10(14(18)19)15-13(17)9-5-3-7-11(21-2)12(9)16/h3,5,7,10,16H,4,6,8H2,1-2H3,(H,15,17)(H,18,19). The minimum absolute atomic E-state index is 0.0349. The molecule has 0 bridgehead atoms. The maximum absolute atomic E-state index is 12.1. The highest BCUT2D eigenvalue weighted by atomic mass is 16.5. The van der Waals surface area contributed by atoms with Crippen LogP contribution in [0, 0.1) is 0 Å². The van der Waals surface area contributed by atoms with Gasteiger partial charge in [0.25, 0.3) is 5.91 Å². The number of aliphatic carboxylic acids is 1. The van der Waals surface area contributed by atoms with Gasteiger partial charge in [-0.1, -0.05) is 6.07 Å². The molecular formula is C14H19NO6. The number of para-hydroxylation sites is 1. The van der Waals surface area contributed by atoms with Gasteiger partial charge < -0.3 is 25.0 Å². The third-order valence-corrected chi connectivity index (χ3v) is 2.91. The Morgan fingerprint density at radius 3 is 2.62 bits per heavy atom. The molecular weight excluding hydrogens is 278 g/mol. The number of aromatic hydroxyl groups is 1. The fourth-order valence-electron chi connectivity index (χ4n) is 1.80. The van der Waals surface area contributed by atoms with Gasteiger partial charge in [0.2, 0.25) is 0 Å². The van der Waals surface area contributed by atoms with Crippen LogP contribution in [0.5, 0.6) is 11.5 Å². The van der Waals surface area contributed by atoms with Crippen molar-refractivity contribution in [3.05, 3.63) is 23.8 Å². The van der Waals surface area contributed by atoms with Crippen molar-refractivity contribution in [2.24, 2.45) is 0 Å². The lowest BCUT2D eigenvalue weighted by Gasteiger charge is -2.15. The predicted molar refractivity (Wildman–Crippen MR) is 74.7 cm³/mol. The Balaban J connectivity index is 2.80. The van der Waals surface area contributed by atoms with E-state index in [1.165, 1.54) is 32.4 Å². The van der Waals surface area contributed by atoms with E-state index in [1.54, 1.807) is 0 Å². The van der Waals surface area contributed by atoms with Crippen LogP contribution in [0.15, 0.2) is 18.2 Å². The van der Waals surface area contributed by atoms with Crippen molar-refractivity contribution in [1.82, 2.24) is 5.32 Å². The van der Waals surface area contributed by atoms with E-state index in [1.807, 2.05) is 0 Å². The molecule has 1 aromatic rings. The zero-order valence-electron chi connectivity index (χ0n) is 12.0. The first kappa shape index (κ1) is 16.8. The number of hydrogen-bond donors (Lipinski definition) is 3. The number of methoxy groups -OCH3 is 2. The normalized spacial score (nSPS) is 11.7. The van der Waals surface area contributed by atoms with E-state index in [0.717, 1.165) is 0 Å². The summed E-state index contributed by atoms with van der Waals surface area (Å²) in [6, 6.07) is 3.38. The van der Waals surface area contributed by atoms with E-state index in [0.29, 0.717) is 13.0 Å². The molecule has 0 aliphatic heterocycles. The van der Waals surface area contributed by atoms with Crippen LogP contribution < -0.4 is 10.1 Å². The van der Waals surface area contributed by atoms with E-state index >= 15 is 0 Å². The summed E-state index contributed by atoms with van der Waals surface area (Å²) in [5, 5.41) is 21.3. The maximum atomic E-state index is 12.1. The Morgan fingerprint density at radius 1 is 1.33 bits per heavy atom. The quantitative estimate of drug-likeness (QED) is 0.618. The molecule has 0 spiro atoms. The van der Waals surface area contributed by atoms with Gasteiger partial charge in [0.05, 0.1) is 12.7 Å². The number of nitrogens with one attached hydrogen (secondary N) is 1. The molecule has 0 aliphatic carbocycles. The van der Waals surface area contributed by atoms with E-state index in [2.05, 4.69) is 5.32 Å². The van der Waals surface area contributed by atoms with Gasteiger partial charge in [-0.15, -0.1) is 0 Å². The zero-order chi connectivity index (χ0) is 15.8. The van der Waals surface area contributed by atoms with Crippen molar-refractivity contribution < 1.29 is 29.3 Å². The monoisotopic (exact) mass is 297 g/mol. The Morgan fingerprint density at radius 2 is 2.05 bits per heavy atom. The smallest absolute Gasteiger partial charge is 0.326 e. The second kappa shape index (κ2) is 8.11. The molecule has 0 fully saturated rings. The van der Waals surface area contributed by atoms with Crippen molar-refractivity contribution in [3.63, 3.8) is 0 Å². The number of hydrogen-bond acceptors (Lipinski definition) is 5. The average molecular weight is 297 g/mol. The lowest BCUT2D eigenvalue weighted by Crippen LogP contribution is -2.40. The molecule has 3 N–H and O–H groups in total. The lowest BCUT2D eigenvalue weighted by molar-refractivity contribution is -0.139. The number of carbonyl (C=O) groups excluding carboxylic acids is 1. The van der Waals surface area contributed by atoms with Gasteiger partial charge in [-0.05, 0) is 25.0 Å². The second-order valence-electron chi connectivity index (χ2n) is 4.36. The largest absolute Gasteiger partial charge is 0.504 e. The van der Waals surface area contributed by atoms with Crippen LogP contribution in [-0.4, -0.2) is 49.0 Å². The number of amides is 1. The number of carboxylic acid groups (broad SMARTS) is 1. The van der Waals surface area contributed by atoms with Crippen LogP contribution in [0.2, 0.25) is 0 Å². The summed E-state index contributed by atoms with van der Waals surface area (Å²) < 4.78 is 9.75. The van der Waals surface area contributed by atoms with Gasteiger partial charge in [-0.25, -0.2) is 4.79 Å². The molecule has 1 unspecified atom stereocenters. The Labute approximate surface area is 122 Å². The van der Waals surface area contributed by atoms with Gasteiger partial charge in [-0.3, -0.25) is 4.79 Å². The van der Waals surface area contributed by atoms with Gasteiger partial charge >= 0.3 is 5.97 Å². The van der Waals surface area contributed by atoms with Crippen molar-refractivity contribution >= 4 is 11.9 Å². The molecule has 0 saturated carbocycles. The first-order valence-corrected chi connectivity index (χ1v) is 6.39. The Bertz CT molecular complexity index is 502. The summed E-state index contributed by atoms with van der Waals surface area (Å²) in [6.07, 6.45) is 0.734. The summed E-state index contributed by atoms with van der Waals surface area (Å²) in [7, 11) is 2.88. The SMILES string of the molecule is COCCCC(NC(=O)c1cccc(OC)c1O)C(=O)O. The molecule has 0 saturated heterocycles. The van der Waals surface area contributed by atoms with Gasteiger partial charge in [0.1, 0.15) is 6.04 Å². The Hall–Kier alpha value is -2.28. The van der Waals surface area contributed by atoms with E-state index in [4.69, 9.17) is 14.6 Å².